The first kappa shape index (κ1) is 22.5. The number of amides is 1. The lowest BCUT2D eigenvalue weighted by Gasteiger charge is -2.10. The number of fused-ring (bicyclic) bond motifs is 1. The Morgan fingerprint density at radius 1 is 0.853 bits per heavy atom. The van der Waals surface area contributed by atoms with Crippen molar-refractivity contribution < 1.29 is 23.8 Å². The van der Waals surface area contributed by atoms with Crippen LogP contribution in [0.15, 0.2) is 96.1 Å². The van der Waals surface area contributed by atoms with Crippen molar-refractivity contribution >= 4 is 28.9 Å². The van der Waals surface area contributed by atoms with Gasteiger partial charge in [-0.2, -0.15) is 5.10 Å². The highest BCUT2D eigenvalue weighted by Crippen LogP contribution is 2.27. The summed E-state index contributed by atoms with van der Waals surface area (Å²) in [7, 11) is 1.57. The lowest BCUT2D eigenvalue weighted by Crippen LogP contribution is -2.24. The number of ether oxygens (including phenoxy) is 3. The average Bonchev–Trinajstić information content (AvgIpc) is 2.89. The molecule has 170 valence electrons. The van der Waals surface area contributed by atoms with Crippen LogP contribution in [0.1, 0.15) is 15.9 Å². The van der Waals surface area contributed by atoms with Gasteiger partial charge in [0.25, 0.3) is 5.91 Å². The van der Waals surface area contributed by atoms with Crippen LogP contribution in [0, 0.1) is 0 Å². The molecule has 4 aromatic carbocycles. The molecule has 1 N–H and O–H groups in total. The van der Waals surface area contributed by atoms with E-state index in [2.05, 4.69) is 10.5 Å². The van der Waals surface area contributed by atoms with Gasteiger partial charge in [0.15, 0.2) is 6.61 Å². The van der Waals surface area contributed by atoms with Crippen molar-refractivity contribution in [1.82, 2.24) is 5.43 Å². The minimum atomic E-state index is -0.484. The second-order valence-electron chi connectivity index (χ2n) is 7.21. The highest BCUT2D eigenvalue weighted by atomic mass is 16.5. The second-order valence-corrected chi connectivity index (χ2v) is 7.21. The van der Waals surface area contributed by atoms with E-state index in [4.69, 9.17) is 14.2 Å². The van der Waals surface area contributed by atoms with Crippen LogP contribution in [0.4, 0.5) is 0 Å². The van der Waals surface area contributed by atoms with E-state index in [0.29, 0.717) is 28.4 Å². The molecule has 1 amide bonds. The first-order valence-corrected chi connectivity index (χ1v) is 10.5. The number of rotatable bonds is 8. The molecule has 0 aliphatic heterocycles. The number of hydrogen-bond acceptors (Lipinski definition) is 6. The van der Waals surface area contributed by atoms with Crippen LogP contribution < -0.4 is 19.6 Å². The molecule has 0 saturated heterocycles. The van der Waals surface area contributed by atoms with E-state index in [0.717, 1.165) is 10.8 Å². The maximum Gasteiger partial charge on any atom is 0.343 e. The molecule has 0 heterocycles. The van der Waals surface area contributed by atoms with Gasteiger partial charge in [-0.25, -0.2) is 10.2 Å². The lowest BCUT2D eigenvalue weighted by atomic mass is 10.0. The molecule has 7 heteroatoms. The molecule has 0 aliphatic carbocycles. The van der Waals surface area contributed by atoms with Gasteiger partial charge in [-0.15, -0.1) is 0 Å². The normalized spacial score (nSPS) is 10.7. The zero-order chi connectivity index (χ0) is 23.8. The van der Waals surface area contributed by atoms with Crippen molar-refractivity contribution in [2.75, 3.05) is 13.7 Å². The second kappa shape index (κ2) is 10.8. The van der Waals surface area contributed by atoms with Gasteiger partial charge in [-0.1, -0.05) is 48.5 Å². The Hall–Kier alpha value is -4.65. The molecule has 0 aliphatic rings. The van der Waals surface area contributed by atoms with Gasteiger partial charge in [0.05, 0.1) is 18.9 Å². The third-order valence-electron chi connectivity index (χ3n) is 4.96. The maximum atomic E-state index is 12.6. The topological polar surface area (TPSA) is 86.2 Å². The van der Waals surface area contributed by atoms with E-state index < -0.39 is 11.9 Å². The summed E-state index contributed by atoms with van der Waals surface area (Å²) >= 11 is 0. The standard InChI is InChI=1S/C27H22N2O5/c1-32-21-12-14-22(15-13-21)33-18-26(30)29-28-17-24-23-10-6-5-7-19(23)11-16-25(24)34-27(31)20-8-3-2-4-9-20/h2-17H,18H2,1H3,(H,29,30). The average molecular weight is 454 g/mol. The molecule has 0 atom stereocenters. The zero-order valence-corrected chi connectivity index (χ0v) is 18.4. The number of benzene rings is 4. The number of hydrazone groups is 1. The molecule has 0 aromatic heterocycles. The van der Waals surface area contributed by atoms with Gasteiger partial charge >= 0.3 is 5.97 Å². The summed E-state index contributed by atoms with van der Waals surface area (Å²) in [5.41, 5.74) is 3.44. The van der Waals surface area contributed by atoms with Crippen molar-refractivity contribution in [3.63, 3.8) is 0 Å². The molecular formula is C27H22N2O5. The molecular weight excluding hydrogens is 432 g/mol. The van der Waals surface area contributed by atoms with Gasteiger partial charge in [0.2, 0.25) is 0 Å². The maximum absolute atomic E-state index is 12.6. The van der Waals surface area contributed by atoms with Gasteiger partial charge in [-0.05, 0) is 53.2 Å². The Kier molecular flexibility index (Phi) is 7.15. The predicted octanol–water partition coefficient (Wildman–Crippen LogP) is 4.60. The molecule has 0 saturated carbocycles. The van der Waals surface area contributed by atoms with Crippen LogP contribution in [0.25, 0.3) is 10.8 Å². The monoisotopic (exact) mass is 454 g/mol. The minimum absolute atomic E-state index is 0.213. The SMILES string of the molecule is COc1ccc(OCC(=O)NN=Cc2c(OC(=O)c3ccccc3)ccc3ccccc23)cc1. The van der Waals surface area contributed by atoms with Gasteiger partial charge in [0.1, 0.15) is 17.2 Å². The largest absolute Gasteiger partial charge is 0.497 e. The molecule has 4 rings (SSSR count). The number of nitrogens with one attached hydrogen (secondary N) is 1. The van der Waals surface area contributed by atoms with Crippen molar-refractivity contribution in [3.05, 3.63) is 102 Å². The number of methoxy groups -OCH3 is 1. The lowest BCUT2D eigenvalue weighted by molar-refractivity contribution is -0.123. The van der Waals surface area contributed by atoms with E-state index in [9.17, 15) is 9.59 Å². The smallest absolute Gasteiger partial charge is 0.343 e. The quantitative estimate of drug-likeness (QED) is 0.182. The van der Waals surface area contributed by atoms with Crippen LogP contribution >= 0.6 is 0 Å². The van der Waals surface area contributed by atoms with Crippen LogP contribution in [0.3, 0.4) is 0 Å². The number of esters is 1. The van der Waals surface area contributed by atoms with E-state index in [1.807, 2.05) is 36.4 Å². The predicted molar refractivity (Wildman–Crippen MR) is 130 cm³/mol. The fourth-order valence-corrected chi connectivity index (χ4v) is 3.25. The van der Waals surface area contributed by atoms with Crippen LogP contribution in [-0.4, -0.2) is 31.8 Å². The van der Waals surface area contributed by atoms with Crippen LogP contribution in [0.5, 0.6) is 17.2 Å². The Bertz CT molecular complexity index is 1320. The van der Waals surface area contributed by atoms with Gasteiger partial charge in [-0.3, -0.25) is 4.79 Å². The number of nitrogens with zero attached hydrogens (tertiary/aromatic N) is 1. The van der Waals surface area contributed by atoms with Crippen molar-refractivity contribution in [2.45, 2.75) is 0 Å². The molecule has 0 unspecified atom stereocenters. The Morgan fingerprint density at radius 3 is 2.32 bits per heavy atom. The highest BCUT2D eigenvalue weighted by molar-refractivity contribution is 6.04. The molecule has 0 fully saturated rings. The van der Waals surface area contributed by atoms with Gasteiger partial charge < -0.3 is 14.2 Å². The van der Waals surface area contributed by atoms with E-state index >= 15 is 0 Å². The summed E-state index contributed by atoms with van der Waals surface area (Å²) in [4.78, 5) is 24.8. The Balaban J connectivity index is 1.47. The Morgan fingerprint density at radius 2 is 1.56 bits per heavy atom. The van der Waals surface area contributed by atoms with Crippen LogP contribution in [-0.2, 0) is 4.79 Å². The fraction of sp³-hybridized carbons (Fsp3) is 0.0741. The first-order valence-electron chi connectivity index (χ1n) is 10.5. The molecule has 7 nitrogen and oxygen atoms in total. The summed E-state index contributed by atoms with van der Waals surface area (Å²) in [6.45, 7) is -0.213. The van der Waals surface area contributed by atoms with E-state index in [1.54, 1.807) is 61.7 Å². The molecule has 0 bridgehead atoms. The van der Waals surface area contributed by atoms with E-state index in [1.165, 1.54) is 6.21 Å². The van der Waals surface area contributed by atoms with E-state index in [-0.39, 0.29) is 6.61 Å². The minimum Gasteiger partial charge on any atom is -0.497 e. The van der Waals surface area contributed by atoms with Crippen LogP contribution in [0.2, 0.25) is 0 Å². The summed E-state index contributed by atoms with van der Waals surface area (Å²) in [5.74, 6) is 0.641. The van der Waals surface area contributed by atoms with Crippen molar-refractivity contribution in [2.24, 2.45) is 5.10 Å². The fourth-order valence-electron chi connectivity index (χ4n) is 3.25. The summed E-state index contributed by atoms with van der Waals surface area (Å²) < 4.78 is 16.2. The third-order valence-corrected chi connectivity index (χ3v) is 4.96. The Labute approximate surface area is 196 Å². The molecule has 34 heavy (non-hydrogen) atoms. The summed E-state index contributed by atoms with van der Waals surface area (Å²) in [6, 6.07) is 26.8. The van der Waals surface area contributed by atoms with Gasteiger partial charge in [0, 0.05) is 5.56 Å². The number of carbonyl (C=O) groups is 2. The zero-order valence-electron chi connectivity index (χ0n) is 18.4. The molecule has 0 radical (unpaired) electrons. The summed E-state index contributed by atoms with van der Waals surface area (Å²) in [5, 5.41) is 5.83. The molecule has 0 spiro atoms. The molecule has 4 aromatic rings. The number of hydrogen-bond donors (Lipinski definition) is 1. The first-order chi connectivity index (χ1) is 16.6. The third kappa shape index (κ3) is 5.58. The van der Waals surface area contributed by atoms with Crippen molar-refractivity contribution in [1.29, 1.82) is 0 Å². The number of carbonyl (C=O) groups excluding carboxylic acids is 2. The summed E-state index contributed by atoms with van der Waals surface area (Å²) in [6.07, 6.45) is 1.46. The highest BCUT2D eigenvalue weighted by Gasteiger charge is 2.13. The van der Waals surface area contributed by atoms with Crippen molar-refractivity contribution in [3.8, 4) is 17.2 Å².